The summed E-state index contributed by atoms with van der Waals surface area (Å²) < 4.78 is 33.5. The second-order valence-electron chi connectivity index (χ2n) is 6.36. The Kier molecular flexibility index (Phi) is 7.60. The number of ether oxygens (including phenoxy) is 1. The van der Waals surface area contributed by atoms with Gasteiger partial charge in [0.2, 0.25) is 10.0 Å². The highest BCUT2D eigenvalue weighted by atomic mass is 32.2. The number of carbonyl (C=O) groups excluding carboxylic acids is 1. The van der Waals surface area contributed by atoms with E-state index in [-0.39, 0.29) is 22.9 Å². The van der Waals surface area contributed by atoms with Crippen molar-refractivity contribution < 1.29 is 17.9 Å². The molecule has 6 nitrogen and oxygen atoms in total. The van der Waals surface area contributed by atoms with Gasteiger partial charge in [-0.25, -0.2) is 13.1 Å². The van der Waals surface area contributed by atoms with Crippen molar-refractivity contribution in [2.75, 3.05) is 13.7 Å². The Hall–Kier alpha value is -2.38. The molecule has 0 radical (unpaired) electrons. The van der Waals surface area contributed by atoms with Gasteiger partial charge >= 0.3 is 0 Å². The maximum Gasteiger partial charge on any atom is 0.255 e. The van der Waals surface area contributed by atoms with Crippen LogP contribution in [0.1, 0.15) is 47.8 Å². The third-order valence-corrected chi connectivity index (χ3v) is 5.97. The van der Waals surface area contributed by atoms with Gasteiger partial charge in [-0.15, -0.1) is 0 Å². The van der Waals surface area contributed by atoms with E-state index in [9.17, 15) is 13.2 Å². The van der Waals surface area contributed by atoms with Crippen LogP contribution in [0.15, 0.2) is 41.3 Å². The highest BCUT2D eigenvalue weighted by Gasteiger charge is 2.20. The number of aryl methyl sites for hydroxylation is 2. The smallest absolute Gasteiger partial charge is 0.255 e. The highest BCUT2D eigenvalue weighted by molar-refractivity contribution is 7.89. The monoisotopic (exact) mass is 404 g/mol. The van der Waals surface area contributed by atoms with Gasteiger partial charge in [-0.3, -0.25) is 4.79 Å². The van der Waals surface area contributed by atoms with Crippen LogP contribution in [-0.2, 0) is 29.4 Å². The van der Waals surface area contributed by atoms with Gasteiger partial charge in [0.05, 0.1) is 17.6 Å². The molecule has 7 heteroatoms. The molecule has 2 N–H and O–H groups in total. The molecule has 0 saturated carbocycles. The molecule has 2 rings (SSSR count). The first-order valence-corrected chi connectivity index (χ1v) is 10.9. The fourth-order valence-corrected chi connectivity index (χ4v) is 3.98. The lowest BCUT2D eigenvalue weighted by Crippen LogP contribution is -2.26. The SMILES string of the molecule is CCNC(=O)c1cc(S(=O)(=O)NCc2cc(CC)ccc2CC)ccc1OC. The van der Waals surface area contributed by atoms with Crippen LogP contribution < -0.4 is 14.8 Å². The number of benzene rings is 2. The maximum absolute atomic E-state index is 12.8. The Morgan fingerprint density at radius 2 is 1.75 bits per heavy atom. The molecule has 0 atom stereocenters. The number of carbonyl (C=O) groups is 1. The zero-order chi connectivity index (χ0) is 20.7. The summed E-state index contributed by atoms with van der Waals surface area (Å²) in [5.41, 5.74) is 3.42. The van der Waals surface area contributed by atoms with Gasteiger partial charge in [-0.1, -0.05) is 32.0 Å². The summed E-state index contributed by atoms with van der Waals surface area (Å²) in [5, 5.41) is 2.67. The van der Waals surface area contributed by atoms with Crippen LogP contribution in [0.4, 0.5) is 0 Å². The molecule has 0 unspecified atom stereocenters. The van der Waals surface area contributed by atoms with Crippen LogP contribution in [0.5, 0.6) is 5.75 Å². The lowest BCUT2D eigenvalue weighted by atomic mass is 10.0. The van der Waals surface area contributed by atoms with E-state index in [2.05, 4.69) is 23.0 Å². The van der Waals surface area contributed by atoms with E-state index in [1.165, 1.54) is 25.3 Å². The molecule has 0 spiro atoms. The predicted octanol–water partition coefficient (Wildman–Crippen LogP) is 3.05. The number of nitrogens with one attached hydrogen (secondary N) is 2. The first kappa shape index (κ1) is 21.9. The van der Waals surface area contributed by atoms with Gasteiger partial charge in [0.1, 0.15) is 5.75 Å². The van der Waals surface area contributed by atoms with Crippen molar-refractivity contribution in [3.8, 4) is 5.75 Å². The Morgan fingerprint density at radius 3 is 2.36 bits per heavy atom. The second-order valence-corrected chi connectivity index (χ2v) is 8.12. The van der Waals surface area contributed by atoms with E-state index in [0.717, 1.165) is 29.5 Å². The Labute approximate surface area is 167 Å². The molecule has 0 aromatic heterocycles. The number of amides is 1. The van der Waals surface area contributed by atoms with Gasteiger partial charge < -0.3 is 10.1 Å². The van der Waals surface area contributed by atoms with Gasteiger partial charge in [-0.2, -0.15) is 0 Å². The van der Waals surface area contributed by atoms with Crippen molar-refractivity contribution in [3.05, 3.63) is 58.7 Å². The highest BCUT2D eigenvalue weighted by Crippen LogP contribution is 2.23. The molecule has 0 saturated heterocycles. The molecule has 0 heterocycles. The zero-order valence-electron chi connectivity index (χ0n) is 16.8. The first-order chi connectivity index (χ1) is 13.4. The molecule has 0 aliphatic rings. The number of methoxy groups -OCH3 is 1. The minimum Gasteiger partial charge on any atom is -0.496 e. The van der Waals surface area contributed by atoms with E-state index in [1.54, 1.807) is 6.92 Å². The summed E-state index contributed by atoms with van der Waals surface area (Å²) in [4.78, 5) is 12.3. The zero-order valence-corrected chi connectivity index (χ0v) is 17.7. The lowest BCUT2D eigenvalue weighted by Gasteiger charge is -2.13. The molecule has 0 aliphatic carbocycles. The number of hydrogen-bond donors (Lipinski definition) is 2. The minimum atomic E-state index is -3.78. The Morgan fingerprint density at radius 1 is 1.00 bits per heavy atom. The molecule has 0 aliphatic heterocycles. The summed E-state index contributed by atoms with van der Waals surface area (Å²) >= 11 is 0. The molecular weight excluding hydrogens is 376 g/mol. The second kappa shape index (κ2) is 9.71. The van der Waals surface area contributed by atoms with Crippen molar-refractivity contribution in [2.24, 2.45) is 0 Å². The van der Waals surface area contributed by atoms with Crippen LogP contribution in [0, 0.1) is 0 Å². The fourth-order valence-electron chi connectivity index (χ4n) is 2.95. The van der Waals surface area contributed by atoms with E-state index < -0.39 is 10.0 Å². The lowest BCUT2D eigenvalue weighted by molar-refractivity contribution is 0.0952. The van der Waals surface area contributed by atoms with Crippen molar-refractivity contribution in [1.29, 1.82) is 0 Å². The number of rotatable bonds is 9. The van der Waals surface area contributed by atoms with Crippen LogP contribution in [0.3, 0.4) is 0 Å². The standard InChI is InChI=1S/C21H28N2O4S/c1-5-15-8-9-16(6-2)17(12-15)14-23-28(25,26)18-10-11-20(27-4)19(13-18)21(24)22-7-3/h8-13,23H,5-7,14H2,1-4H3,(H,22,24). The van der Waals surface area contributed by atoms with Gasteiger partial charge in [0.15, 0.2) is 0 Å². The quantitative estimate of drug-likeness (QED) is 0.673. The summed E-state index contributed by atoms with van der Waals surface area (Å²) in [6, 6.07) is 10.4. The van der Waals surface area contributed by atoms with Crippen LogP contribution in [0.2, 0.25) is 0 Å². The van der Waals surface area contributed by atoms with Crippen molar-refractivity contribution in [2.45, 2.75) is 45.1 Å². The molecule has 152 valence electrons. The van der Waals surface area contributed by atoms with Crippen molar-refractivity contribution in [3.63, 3.8) is 0 Å². The Balaban J connectivity index is 2.30. The number of hydrogen-bond acceptors (Lipinski definition) is 4. The average molecular weight is 405 g/mol. The average Bonchev–Trinajstić information content (AvgIpc) is 2.71. The van der Waals surface area contributed by atoms with E-state index in [4.69, 9.17) is 4.74 Å². The molecule has 0 fully saturated rings. The van der Waals surface area contributed by atoms with Crippen molar-refractivity contribution in [1.82, 2.24) is 10.0 Å². The topological polar surface area (TPSA) is 84.5 Å². The van der Waals surface area contributed by atoms with Crippen LogP contribution in [-0.4, -0.2) is 28.0 Å². The van der Waals surface area contributed by atoms with Crippen LogP contribution >= 0.6 is 0 Å². The molecular formula is C21H28N2O4S. The normalized spacial score (nSPS) is 11.3. The number of sulfonamides is 1. The van der Waals surface area contributed by atoms with E-state index >= 15 is 0 Å². The molecule has 2 aromatic rings. The largest absolute Gasteiger partial charge is 0.496 e. The van der Waals surface area contributed by atoms with E-state index in [0.29, 0.717) is 12.3 Å². The van der Waals surface area contributed by atoms with Gasteiger partial charge in [-0.05, 0) is 54.7 Å². The van der Waals surface area contributed by atoms with Gasteiger partial charge in [0.25, 0.3) is 5.91 Å². The van der Waals surface area contributed by atoms with E-state index in [1.807, 2.05) is 19.1 Å². The maximum atomic E-state index is 12.8. The Bertz CT molecular complexity index is 939. The predicted molar refractivity (Wildman–Crippen MR) is 110 cm³/mol. The fraction of sp³-hybridized carbons (Fsp3) is 0.381. The van der Waals surface area contributed by atoms with Crippen LogP contribution in [0.25, 0.3) is 0 Å². The molecule has 0 bridgehead atoms. The molecule has 28 heavy (non-hydrogen) atoms. The van der Waals surface area contributed by atoms with Gasteiger partial charge in [0, 0.05) is 13.1 Å². The summed E-state index contributed by atoms with van der Waals surface area (Å²) in [5.74, 6) is -0.0471. The summed E-state index contributed by atoms with van der Waals surface area (Å²) in [6.07, 6.45) is 1.71. The summed E-state index contributed by atoms with van der Waals surface area (Å²) in [6.45, 7) is 6.53. The third kappa shape index (κ3) is 5.11. The molecule has 2 aromatic carbocycles. The van der Waals surface area contributed by atoms with Crippen molar-refractivity contribution >= 4 is 15.9 Å². The summed E-state index contributed by atoms with van der Waals surface area (Å²) in [7, 11) is -2.34. The third-order valence-electron chi connectivity index (χ3n) is 4.58. The molecule has 1 amide bonds. The first-order valence-electron chi connectivity index (χ1n) is 9.42. The minimum absolute atomic E-state index is 0.0271.